The van der Waals surface area contributed by atoms with Crippen molar-refractivity contribution in [2.24, 2.45) is 0 Å². The van der Waals surface area contributed by atoms with Gasteiger partial charge in [-0.05, 0) is 36.8 Å². The summed E-state index contributed by atoms with van der Waals surface area (Å²) < 4.78 is 0. The second-order valence-electron chi connectivity index (χ2n) is 9.32. The van der Waals surface area contributed by atoms with Crippen LogP contribution in [0.3, 0.4) is 0 Å². The van der Waals surface area contributed by atoms with Crippen LogP contribution in [0.4, 0.5) is 5.69 Å². The summed E-state index contributed by atoms with van der Waals surface area (Å²) in [5.41, 5.74) is 2.36. The molecule has 4 rings (SSSR count). The summed E-state index contributed by atoms with van der Waals surface area (Å²) in [5, 5.41) is 5.53. The number of hydrogen-bond donors (Lipinski definition) is 2. The Bertz CT molecular complexity index is 1080. The topological polar surface area (TPSA) is 102 Å². The van der Waals surface area contributed by atoms with Gasteiger partial charge in [0.05, 0.1) is 13.0 Å². The highest BCUT2D eigenvalue weighted by atomic mass is 16.2. The third-order valence-electron chi connectivity index (χ3n) is 6.68. The van der Waals surface area contributed by atoms with Crippen molar-refractivity contribution in [1.82, 2.24) is 20.0 Å². The molecule has 190 valence electrons. The molecule has 0 unspecified atom stereocenters. The predicted octanol–water partition coefficient (Wildman–Crippen LogP) is 1.36. The average Bonchev–Trinajstić information content (AvgIpc) is 2.87. The van der Waals surface area contributed by atoms with E-state index in [0.717, 1.165) is 32.7 Å². The van der Waals surface area contributed by atoms with Gasteiger partial charge in [0.1, 0.15) is 6.04 Å². The summed E-state index contributed by atoms with van der Waals surface area (Å²) in [4.78, 5) is 55.9. The van der Waals surface area contributed by atoms with Crippen LogP contribution in [0.15, 0.2) is 54.6 Å². The lowest BCUT2D eigenvalue weighted by Gasteiger charge is -2.38. The molecule has 0 radical (unpaired) electrons. The molecular weight excluding hydrogens is 458 g/mol. The van der Waals surface area contributed by atoms with Crippen LogP contribution in [0.1, 0.15) is 29.3 Å². The van der Waals surface area contributed by atoms with E-state index in [0.29, 0.717) is 24.3 Å². The highest BCUT2D eigenvalue weighted by molar-refractivity contribution is 5.98. The molecule has 1 atom stereocenters. The van der Waals surface area contributed by atoms with E-state index < -0.39 is 6.04 Å². The van der Waals surface area contributed by atoms with Crippen molar-refractivity contribution in [3.8, 4) is 0 Å². The summed E-state index contributed by atoms with van der Waals surface area (Å²) in [6.07, 6.45) is -0.128. The number of carbonyl (C=O) groups excluding carboxylic acids is 4. The van der Waals surface area contributed by atoms with Crippen LogP contribution < -0.4 is 10.6 Å². The Morgan fingerprint density at radius 1 is 0.917 bits per heavy atom. The maximum Gasteiger partial charge on any atom is 0.243 e. The van der Waals surface area contributed by atoms with Gasteiger partial charge in [-0.25, -0.2) is 0 Å². The van der Waals surface area contributed by atoms with Crippen molar-refractivity contribution in [3.63, 3.8) is 0 Å². The van der Waals surface area contributed by atoms with Gasteiger partial charge in [0.25, 0.3) is 0 Å². The number of nitrogens with zero attached hydrogens (tertiary/aromatic N) is 3. The monoisotopic (exact) mass is 491 g/mol. The zero-order valence-electron chi connectivity index (χ0n) is 20.6. The van der Waals surface area contributed by atoms with Gasteiger partial charge in [0.15, 0.2) is 5.78 Å². The van der Waals surface area contributed by atoms with Gasteiger partial charge < -0.3 is 15.5 Å². The molecule has 3 amide bonds. The quantitative estimate of drug-likeness (QED) is 0.541. The second kappa shape index (κ2) is 11.9. The van der Waals surface area contributed by atoms with Gasteiger partial charge in [0, 0.05) is 57.1 Å². The van der Waals surface area contributed by atoms with Crippen molar-refractivity contribution in [2.75, 3.05) is 51.1 Å². The maximum atomic E-state index is 13.2. The van der Waals surface area contributed by atoms with E-state index in [1.54, 1.807) is 24.3 Å². The third-order valence-corrected chi connectivity index (χ3v) is 6.68. The van der Waals surface area contributed by atoms with E-state index >= 15 is 0 Å². The van der Waals surface area contributed by atoms with Gasteiger partial charge in [-0.1, -0.05) is 30.3 Å². The summed E-state index contributed by atoms with van der Waals surface area (Å²) >= 11 is 0. The number of carbonyl (C=O) groups is 4. The molecule has 2 fully saturated rings. The molecule has 0 spiro atoms. The van der Waals surface area contributed by atoms with E-state index in [1.165, 1.54) is 17.4 Å². The lowest BCUT2D eigenvalue weighted by molar-refractivity contribution is -0.145. The fraction of sp³-hybridized carbons (Fsp3) is 0.407. The standard InChI is InChI=1S/C27H33N5O4/c1-20(33)22-7-9-23(10-8-22)29-25(34)17-24-27(36)28-11-12-32(24)26(35)19-31-15-13-30(14-16-31)18-21-5-3-2-4-6-21/h2-10,24H,11-19H2,1H3,(H,28,36)(H,29,34)/t24-/m1/s1. The minimum Gasteiger partial charge on any atom is -0.353 e. The third kappa shape index (κ3) is 6.77. The SMILES string of the molecule is CC(=O)c1ccc(NC(=O)C[C@@H]2C(=O)NCCN2C(=O)CN2CCN(Cc3ccccc3)CC2)cc1. The molecule has 0 saturated carbocycles. The van der Waals surface area contributed by atoms with Crippen LogP contribution in [0.25, 0.3) is 0 Å². The van der Waals surface area contributed by atoms with E-state index in [9.17, 15) is 19.2 Å². The number of ketones is 1. The Labute approximate surface area is 211 Å². The summed E-state index contributed by atoms with van der Waals surface area (Å²) in [7, 11) is 0. The van der Waals surface area contributed by atoms with Gasteiger partial charge in [-0.15, -0.1) is 0 Å². The van der Waals surface area contributed by atoms with Crippen LogP contribution in [-0.4, -0.2) is 90.1 Å². The zero-order chi connectivity index (χ0) is 25.5. The van der Waals surface area contributed by atoms with Crippen LogP contribution >= 0.6 is 0 Å². The number of benzene rings is 2. The number of amides is 3. The molecule has 2 N–H and O–H groups in total. The lowest BCUT2D eigenvalue weighted by atomic mass is 10.1. The van der Waals surface area contributed by atoms with Gasteiger partial charge in [-0.3, -0.25) is 29.0 Å². The number of rotatable bonds is 8. The Morgan fingerprint density at radius 2 is 1.58 bits per heavy atom. The van der Waals surface area contributed by atoms with E-state index in [-0.39, 0.29) is 36.5 Å². The van der Waals surface area contributed by atoms with Crippen molar-refractivity contribution in [2.45, 2.75) is 25.9 Å². The molecule has 0 bridgehead atoms. The summed E-state index contributed by atoms with van der Waals surface area (Å²) in [5.74, 6) is -0.868. The molecule has 2 aliphatic rings. The predicted molar refractivity (Wildman–Crippen MR) is 136 cm³/mol. The molecule has 9 heteroatoms. The summed E-state index contributed by atoms with van der Waals surface area (Å²) in [6, 6.07) is 16.1. The van der Waals surface area contributed by atoms with Crippen molar-refractivity contribution < 1.29 is 19.2 Å². The van der Waals surface area contributed by atoms with Crippen LogP contribution in [0.2, 0.25) is 0 Å². The zero-order valence-corrected chi connectivity index (χ0v) is 20.6. The van der Waals surface area contributed by atoms with Crippen LogP contribution in [0.5, 0.6) is 0 Å². The van der Waals surface area contributed by atoms with Crippen LogP contribution in [-0.2, 0) is 20.9 Å². The van der Waals surface area contributed by atoms with Crippen molar-refractivity contribution in [1.29, 1.82) is 0 Å². The Hall–Kier alpha value is -3.56. The summed E-state index contributed by atoms with van der Waals surface area (Å²) in [6.45, 7) is 6.66. The first kappa shape index (κ1) is 25.5. The molecule has 2 aliphatic heterocycles. The largest absolute Gasteiger partial charge is 0.353 e. The molecule has 9 nitrogen and oxygen atoms in total. The highest BCUT2D eigenvalue weighted by Gasteiger charge is 2.35. The minimum atomic E-state index is -0.845. The molecule has 2 heterocycles. The average molecular weight is 492 g/mol. The van der Waals surface area contributed by atoms with Crippen molar-refractivity contribution in [3.05, 3.63) is 65.7 Å². The molecule has 0 aliphatic carbocycles. The number of Topliss-reactive ketones (excluding diaryl/α,β-unsaturated/α-hetero) is 1. The van der Waals surface area contributed by atoms with Gasteiger partial charge >= 0.3 is 0 Å². The number of anilines is 1. The fourth-order valence-corrected chi connectivity index (χ4v) is 4.62. The molecule has 2 saturated heterocycles. The number of nitrogens with one attached hydrogen (secondary N) is 2. The molecule has 2 aromatic carbocycles. The lowest BCUT2D eigenvalue weighted by Crippen LogP contribution is -2.60. The highest BCUT2D eigenvalue weighted by Crippen LogP contribution is 2.15. The molecule has 2 aromatic rings. The Morgan fingerprint density at radius 3 is 2.25 bits per heavy atom. The smallest absolute Gasteiger partial charge is 0.243 e. The fourth-order valence-electron chi connectivity index (χ4n) is 4.62. The first-order valence-corrected chi connectivity index (χ1v) is 12.4. The number of hydrogen-bond acceptors (Lipinski definition) is 6. The van der Waals surface area contributed by atoms with E-state index in [2.05, 4.69) is 32.6 Å². The second-order valence-corrected chi connectivity index (χ2v) is 9.32. The van der Waals surface area contributed by atoms with Gasteiger partial charge in [0.2, 0.25) is 17.7 Å². The van der Waals surface area contributed by atoms with E-state index in [1.807, 2.05) is 18.2 Å². The molecular formula is C27H33N5O4. The Kier molecular flexibility index (Phi) is 8.45. The maximum absolute atomic E-state index is 13.2. The minimum absolute atomic E-state index is 0.0569. The van der Waals surface area contributed by atoms with Gasteiger partial charge in [-0.2, -0.15) is 0 Å². The van der Waals surface area contributed by atoms with Crippen LogP contribution in [0, 0.1) is 0 Å². The molecule has 36 heavy (non-hydrogen) atoms. The normalized spacial score (nSPS) is 19.0. The first-order chi connectivity index (χ1) is 17.4. The Balaban J connectivity index is 1.29. The first-order valence-electron chi connectivity index (χ1n) is 12.4. The van der Waals surface area contributed by atoms with Crippen molar-refractivity contribution >= 4 is 29.2 Å². The number of piperazine rings is 2. The van der Waals surface area contributed by atoms with E-state index in [4.69, 9.17) is 0 Å². The molecule has 0 aromatic heterocycles.